The van der Waals surface area contributed by atoms with Crippen LogP contribution in [0.1, 0.15) is 21.5 Å². The van der Waals surface area contributed by atoms with Gasteiger partial charge in [-0.05, 0) is 48.4 Å². The number of benzene rings is 3. The second kappa shape index (κ2) is 8.85. The number of carbonyl (C=O) groups is 1. The van der Waals surface area contributed by atoms with Crippen LogP contribution in [0.2, 0.25) is 0 Å². The zero-order valence-electron chi connectivity index (χ0n) is 15.7. The number of carboxylic acids is 1. The van der Waals surface area contributed by atoms with Crippen LogP contribution in [0, 0.1) is 12.7 Å². The van der Waals surface area contributed by atoms with Crippen LogP contribution >= 0.6 is 15.9 Å². The first-order valence-electron chi connectivity index (χ1n) is 8.70. The van der Waals surface area contributed by atoms with Crippen LogP contribution in [0.3, 0.4) is 0 Å². The monoisotopic (exact) mass is 493 g/mol. The summed E-state index contributed by atoms with van der Waals surface area (Å²) in [5.74, 6) is -2.10. The van der Waals surface area contributed by atoms with Gasteiger partial charge in [0.05, 0.1) is 16.1 Å². The largest absolute Gasteiger partial charge is 0.486 e. The SMILES string of the molecule is Cc1c(NS(=O)(=O)c2ccc(OCc3ccccc3)c(F)c2)cc(Br)cc1C(=O)O. The normalized spacial score (nSPS) is 11.2. The summed E-state index contributed by atoms with van der Waals surface area (Å²) in [4.78, 5) is 11.0. The Morgan fingerprint density at radius 2 is 1.83 bits per heavy atom. The van der Waals surface area contributed by atoms with Crippen LogP contribution in [0.5, 0.6) is 5.75 Å². The van der Waals surface area contributed by atoms with Gasteiger partial charge in [0.25, 0.3) is 10.0 Å². The summed E-state index contributed by atoms with van der Waals surface area (Å²) in [6, 6.07) is 15.3. The number of rotatable bonds is 7. The minimum Gasteiger partial charge on any atom is -0.486 e. The zero-order chi connectivity index (χ0) is 21.9. The molecule has 0 radical (unpaired) electrons. The lowest BCUT2D eigenvalue weighted by atomic mass is 10.1. The molecule has 0 saturated heterocycles. The second-order valence-electron chi connectivity index (χ2n) is 6.40. The highest BCUT2D eigenvalue weighted by Gasteiger charge is 2.20. The summed E-state index contributed by atoms with van der Waals surface area (Å²) in [5, 5.41) is 9.27. The van der Waals surface area contributed by atoms with E-state index < -0.39 is 21.8 Å². The fraction of sp³-hybridized carbons (Fsp3) is 0.0952. The molecule has 0 spiro atoms. The third-order valence-corrected chi connectivity index (χ3v) is 6.12. The van der Waals surface area contributed by atoms with Crippen molar-refractivity contribution in [2.24, 2.45) is 0 Å². The number of sulfonamides is 1. The maximum Gasteiger partial charge on any atom is 0.336 e. The van der Waals surface area contributed by atoms with Crippen LogP contribution in [-0.4, -0.2) is 19.5 Å². The zero-order valence-corrected chi connectivity index (χ0v) is 18.1. The van der Waals surface area contributed by atoms with Crippen molar-refractivity contribution in [3.63, 3.8) is 0 Å². The number of carboxylic acid groups (broad SMARTS) is 1. The molecule has 0 unspecified atom stereocenters. The minimum atomic E-state index is -4.16. The topological polar surface area (TPSA) is 92.7 Å². The Bertz CT molecular complexity index is 1200. The Kier molecular flexibility index (Phi) is 6.42. The maximum atomic E-state index is 14.4. The van der Waals surface area contributed by atoms with Crippen molar-refractivity contribution in [3.05, 3.63) is 87.6 Å². The van der Waals surface area contributed by atoms with Gasteiger partial charge < -0.3 is 9.84 Å². The maximum absolute atomic E-state index is 14.4. The van der Waals surface area contributed by atoms with Crippen molar-refractivity contribution in [2.75, 3.05) is 4.72 Å². The van der Waals surface area contributed by atoms with E-state index in [1.54, 1.807) is 0 Å². The van der Waals surface area contributed by atoms with Gasteiger partial charge in [-0.25, -0.2) is 17.6 Å². The molecular formula is C21H17BrFNO5S. The Morgan fingerprint density at radius 1 is 1.13 bits per heavy atom. The van der Waals surface area contributed by atoms with E-state index in [4.69, 9.17) is 4.74 Å². The van der Waals surface area contributed by atoms with E-state index in [0.29, 0.717) is 4.47 Å². The molecule has 9 heteroatoms. The summed E-state index contributed by atoms with van der Waals surface area (Å²) in [7, 11) is -4.16. The van der Waals surface area contributed by atoms with Gasteiger partial charge in [0.1, 0.15) is 6.61 Å². The van der Waals surface area contributed by atoms with E-state index >= 15 is 0 Å². The van der Waals surface area contributed by atoms with E-state index in [1.807, 2.05) is 30.3 Å². The number of hydrogen-bond acceptors (Lipinski definition) is 4. The second-order valence-corrected chi connectivity index (χ2v) is 9.00. The number of nitrogens with one attached hydrogen (secondary N) is 1. The van der Waals surface area contributed by atoms with Crippen molar-refractivity contribution in [3.8, 4) is 5.75 Å². The van der Waals surface area contributed by atoms with Gasteiger partial charge in [0.15, 0.2) is 11.6 Å². The van der Waals surface area contributed by atoms with Crippen LogP contribution in [0.4, 0.5) is 10.1 Å². The minimum absolute atomic E-state index is 0.0575. The molecule has 0 aromatic heterocycles. The predicted molar refractivity (Wildman–Crippen MR) is 114 cm³/mol. The van der Waals surface area contributed by atoms with Gasteiger partial charge >= 0.3 is 5.97 Å². The molecule has 6 nitrogen and oxygen atoms in total. The molecule has 2 N–H and O–H groups in total. The molecule has 0 aliphatic carbocycles. The molecule has 0 heterocycles. The van der Waals surface area contributed by atoms with Gasteiger partial charge in [0, 0.05) is 4.47 Å². The Labute approximate surface area is 181 Å². The van der Waals surface area contributed by atoms with Crippen LogP contribution in [-0.2, 0) is 16.6 Å². The van der Waals surface area contributed by atoms with Crippen molar-refractivity contribution < 1.29 is 27.4 Å². The average Bonchev–Trinajstić information content (AvgIpc) is 2.70. The molecule has 0 bridgehead atoms. The van der Waals surface area contributed by atoms with Crippen LogP contribution in [0.25, 0.3) is 0 Å². The highest BCUT2D eigenvalue weighted by Crippen LogP contribution is 2.29. The number of aromatic carboxylic acids is 1. The first-order chi connectivity index (χ1) is 14.2. The van der Waals surface area contributed by atoms with Gasteiger partial charge in [-0.3, -0.25) is 4.72 Å². The quantitative estimate of drug-likeness (QED) is 0.484. The van der Waals surface area contributed by atoms with Crippen molar-refractivity contribution >= 4 is 37.6 Å². The van der Waals surface area contributed by atoms with Crippen molar-refractivity contribution in [1.82, 2.24) is 0 Å². The van der Waals surface area contributed by atoms with E-state index in [1.165, 1.54) is 31.2 Å². The van der Waals surface area contributed by atoms with Crippen molar-refractivity contribution in [2.45, 2.75) is 18.4 Å². The third-order valence-electron chi connectivity index (χ3n) is 4.30. The Morgan fingerprint density at radius 3 is 2.47 bits per heavy atom. The Balaban J connectivity index is 1.83. The molecule has 156 valence electrons. The van der Waals surface area contributed by atoms with E-state index in [2.05, 4.69) is 20.7 Å². The van der Waals surface area contributed by atoms with Crippen LogP contribution < -0.4 is 9.46 Å². The summed E-state index contributed by atoms with van der Waals surface area (Å²) in [5.41, 5.74) is 1.09. The van der Waals surface area contributed by atoms with E-state index in [9.17, 15) is 22.7 Å². The molecule has 0 atom stereocenters. The summed E-state index contributed by atoms with van der Waals surface area (Å²) in [6.45, 7) is 1.62. The molecule has 30 heavy (non-hydrogen) atoms. The standard InChI is InChI=1S/C21H17BrFNO5S/c1-13-17(21(25)26)9-15(22)10-19(13)24-30(27,28)16-7-8-20(18(23)11-16)29-12-14-5-3-2-4-6-14/h2-11,24H,12H2,1H3,(H,25,26). The summed E-state index contributed by atoms with van der Waals surface area (Å²) < 4.78 is 48.0. The first-order valence-corrected chi connectivity index (χ1v) is 11.0. The van der Waals surface area contributed by atoms with Crippen LogP contribution in [0.15, 0.2) is 70.0 Å². The molecule has 3 rings (SSSR count). The number of ether oxygens (including phenoxy) is 1. The molecule has 0 aliphatic rings. The smallest absolute Gasteiger partial charge is 0.336 e. The van der Waals surface area contributed by atoms with E-state index in [-0.39, 0.29) is 34.1 Å². The highest BCUT2D eigenvalue weighted by molar-refractivity contribution is 9.10. The lowest BCUT2D eigenvalue weighted by molar-refractivity contribution is 0.0696. The summed E-state index contributed by atoms with van der Waals surface area (Å²) >= 11 is 3.16. The van der Waals surface area contributed by atoms with E-state index in [0.717, 1.165) is 11.6 Å². The van der Waals surface area contributed by atoms with Gasteiger partial charge in [-0.2, -0.15) is 0 Å². The molecule has 0 aliphatic heterocycles. The molecule has 3 aromatic carbocycles. The average molecular weight is 494 g/mol. The lowest BCUT2D eigenvalue weighted by Gasteiger charge is -2.14. The van der Waals surface area contributed by atoms with Gasteiger partial charge in [0.2, 0.25) is 0 Å². The first kappa shape index (κ1) is 21.8. The molecule has 0 fully saturated rings. The fourth-order valence-electron chi connectivity index (χ4n) is 2.71. The third kappa shape index (κ3) is 4.98. The number of halogens is 2. The molecule has 3 aromatic rings. The van der Waals surface area contributed by atoms with Crippen molar-refractivity contribution in [1.29, 1.82) is 0 Å². The number of anilines is 1. The van der Waals surface area contributed by atoms with Gasteiger partial charge in [-0.1, -0.05) is 46.3 Å². The summed E-state index contributed by atoms with van der Waals surface area (Å²) in [6.07, 6.45) is 0. The molecule has 0 amide bonds. The number of hydrogen-bond donors (Lipinski definition) is 2. The molecular weight excluding hydrogens is 477 g/mol. The lowest BCUT2D eigenvalue weighted by Crippen LogP contribution is -2.15. The van der Waals surface area contributed by atoms with Gasteiger partial charge in [-0.15, -0.1) is 0 Å². The predicted octanol–water partition coefficient (Wildman–Crippen LogP) is 4.97. The highest BCUT2D eigenvalue weighted by atomic mass is 79.9. The fourth-order valence-corrected chi connectivity index (χ4v) is 4.29. The molecule has 0 saturated carbocycles. The Hall–Kier alpha value is -2.91.